The number of fused-ring (bicyclic) bond motifs is 1. The van der Waals surface area contributed by atoms with Crippen molar-refractivity contribution in [2.24, 2.45) is 7.05 Å². The second kappa shape index (κ2) is 7.22. The lowest BCUT2D eigenvalue weighted by Crippen LogP contribution is -1.99. The summed E-state index contributed by atoms with van der Waals surface area (Å²) in [5, 5.41) is 8.98. The number of benzene rings is 2. The molecule has 0 bridgehead atoms. The molecule has 0 aliphatic carbocycles. The first-order chi connectivity index (χ1) is 13.9. The zero-order chi connectivity index (χ0) is 20.7. The normalized spacial score (nSPS) is 10.9. The summed E-state index contributed by atoms with van der Waals surface area (Å²) in [6, 6.07) is 10.3. The molecule has 0 saturated heterocycles. The van der Waals surface area contributed by atoms with Crippen molar-refractivity contribution < 1.29 is 13.5 Å². The molecular weight excluding hydrogens is 444 g/mol. The van der Waals surface area contributed by atoms with Gasteiger partial charge in [-0.25, -0.2) is 23.7 Å². The van der Waals surface area contributed by atoms with Crippen molar-refractivity contribution in [3.8, 4) is 34.3 Å². The minimum absolute atomic E-state index is 0.0805. The Labute approximate surface area is 172 Å². The van der Waals surface area contributed by atoms with E-state index >= 15 is 0 Å². The average molecular weight is 456 g/mol. The van der Waals surface area contributed by atoms with Gasteiger partial charge in [-0.3, -0.25) is 0 Å². The summed E-state index contributed by atoms with van der Waals surface area (Å²) in [5.74, 6) is -1.15. The lowest BCUT2D eigenvalue weighted by atomic mass is 10.0. The molecule has 2 aromatic carbocycles. The molecule has 0 amide bonds. The molecule has 0 aliphatic rings. The van der Waals surface area contributed by atoms with Gasteiger partial charge in [-0.15, -0.1) is 0 Å². The Morgan fingerprint density at radius 2 is 1.66 bits per heavy atom. The number of methoxy groups -OCH3 is 1. The van der Waals surface area contributed by atoms with E-state index in [9.17, 15) is 8.78 Å². The molecule has 0 aliphatic heterocycles. The van der Waals surface area contributed by atoms with E-state index in [1.807, 2.05) is 0 Å². The second-order valence-electron chi connectivity index (χ2n) is 6.16. The minimum atomic E-state index is -0.676. The van der Waals surface area contributed by atoms with Crippen LogP contribution in [0, 0.1) is 23.0 Å². The van der Waals surface area contributed by atoms with E-state index < -0.39 is 11.6 Å². The highest BCUT2D eigenvalue weighted by Crippen LogP contribution is 2.34. The lowest BCUT2D eigenvalue weighted by Gasteiger charge is -2.11. The largest absolute Gasteiger partial charge is 0.494 e. The second-order valence-corrected chi connectivity index (χ2v) is 6.87. The number of aromatic nitrogens is 4. The molecule has 4 rings (SSSR count). The van der Waals surface area contributed by atoms with Crippen LogP contribution >= 0.6 is 15.9 Å². The fourth-order valence-electron chi connectivity index (χ4n) is 2.94. The van der Waals surface area contributed by atoms with E-state index in [1.54, 1.807) is 29.8 Å². The Hall–Kier alpha value is -3.38. The first-order valence-corrected chi connectivity index (χ1v) is 9.16. The third-order valence-corrected chi connectivity index (χ3v) is 5.15. The number of imidazole rings is 1. The van der Waals surface area contributed by atoms with Crippen LogP contribution in [-0.2, 0) is 7.05 Å². The molecule has 0 spiro atoms. The predicted molar refractivity (Wildman–Crippen MR) is 106 cm³/mol. The van der Waals surface area contributed by atoms with Crippen molar-refractivity contribution in [2.75, 3.05) is 7.11 Å². The van der Waals surface area contributed by atoms with E-state index in [1.165, 1.54) is 31.4 Å². The number of hydrogen-bond acceptors (Lipinski definition) is 5. The van der Waals surface area contributed by atoms with Crippen LogP contribution in [0.4, 0.5) is 8.78 Å². The topological polar surface area (TPSA) is 76.6 Å². The maximum atomic E-state index is 14.3. The lowest BCUT2D eigenvalue weighted by molar-refractivity contribution is 0.386. The average Bonchev–Trinajstić information content (AvgIpc) is 3.00. The molecule has 2 aromatic heterocycles. The molecule has 144 valence electrons. The highest BCUT2D eigenvalue weighted by atomic mass is 79.9. The Kier molecular flexibility index (Phi) is 4.72. The maximum Gasteiger partial charge on any atom is 0.199 e. The Morgan fingerprint density at radius 1 is 1.00 bits per heavy atom. The number of halogens is 3. The first kappa shape index (κ1) is 19.0. The standard InChI is InChI=1S/C20H12BrF2N5O/c1-28-19-18(27-20(28)21)25-16(11-5-6-15(29-2)14(23)8-11)17(26-19)10-3-4-12(9-24)13(22)7-10/h3-8H,1-2H3. The van der Waals surface area contributed by atoms with Crippen molar-refractivity contribution >= 4 is 27.2 Å². The van der Waals surface area contributed by atoms with E-state index in [-0.39, 0.29) is 11.3 Å². The molecule has 4 aromatic rings. The number of ether oxygens (including phenoxy) is 1. The van der Waals surface area contributed by atoms with Gasteiger partial charge in [0, 0.05) is 18.2 Å². The van der Waals surface area contributed by atoms with Crippen LogP contribution in [-0.4, -0.2) is 26.6 Å². The molecule has 9 heteroatoms. The highest BCUT2D eigenvalue weighted by Gasteiger charge is 2.19. The van der Waals surface area contributed by atoms with Gasteiger partial charge in [-0.05, 0) is 46.3 Å². The van der Waals surface area contributed by atoms with Gasteiger partial charge in [0.15, 0.2) is 27.6 Å². The summed E-state index contributed by atoms with van der Waals surface area (Å²) in [7, 11) is 3.13. The SMILES string of the molecule is COc1ccc(-c2nc3nc(Br)n(C)c3nc2-c2ccc(C#N)c(F)c2)cc1F. The molecular formula is C20H12BrF2N5O. The van der Waals surface area contributed by atoms with E-state index in [0.717, 1.165) is 0 Å². The van der Waals surface area contributed by atoms with Crippen molar-refractivity contribution in [3.63, 3.8) is 0 Å². The Balaban J connectivity index is 2.02. The summed E-state index contributed by atoms with van der Waals surface area (Å²) < 4.78 is 35.7. The monoisotopic (exact) mass is 455 g/mol. The van der Waals surface area contributed by atoms with Gasteiger partial charge in [0.2, 0.25) is 0 Å². The molecule has 0 N–H and O–H groups in total. The molecule has 0 unspecified atom stereocenters. The molecule has 0 saturated carbocycles. The number of rotatable bonds is 3. The van der Waals surface area contributed by atoms with Crippen LogP contribution in [0.5, 0.6) is 5.75 Å². The molecule has 2 heterocycles. The summed E-state index contributed by atoms with van der Waals surface area (Å²) >= 11 is 3.33. The van der Waals surface area contributed by atoms with Crippen LogP contribution in [0.3, 0.4) is 0 Å². The van der Waals surface area contributed by atoms with Gasteiger partial charge in [0.1, 0.15) is 11.9 Å². The van der Waals surface area contributed by atoms with Crippen LogP contribution in [0.1, 0.15) is 5.56 Å². The number of nitrogens with zero attached hydrogens (tertiary/aromatic N) is 5. The van der Waals surface area contributed by atoms with Crippen molar-refractivity contribution in [1.29, 1.82) is 5.26 Å². The van der Waals surface area contributed by atoms with E-state index in [0.29, 0.717) is 38.5 Å². The summed E-state index contributed by atoms with van der Waals surface area (Å²) in [5.41, 5.74) is 2.23. The summed E-state index contributed by atoms with van der Waals surface area (Å²) in [6.45, 7) is 0. The highest BCUT2D eigenvalue weighted by molar-refractivity contribution is 9.10. The van der Waals surface area contributed by atoms with Crippen molar-refractivity contribution in [1.82, 2.24) is 19.5 Å². The van der Waals surface area contributed by atoms with Crippen LogP contribution in [0.15, 0.2) is 41.1 Å². The number of aryl methyl sites for hydroxylation is 1. The van der Waals surface area contributed by atoms with E-state index in [4.69, 9.17) is 10.00 Å². The van der Waals surface area contributed by atoms with Crippen molar-refractivity contribution in [3.05, 3.63) is 58.3 Å². The number of hydrogen-bond donors (Lipinski definition) is 0. The smallest absolute Gasteiger partial charge is 0.199 e. The predicted octanol–water partition coefficient (Wildman–Crippen LogP) is 4.62. The minimum Gasteiger partial charge on any atom is -0.494 e. The van der Waals surface area contributed by atoms with Gasteiger partial charge >= 0.3 is 0 Å². The summed E-state index contributed by atoms with van der Waals surface area (Å²) in [4.78, 5) is 13.5. The van der Waals surface area contributed by atoms with Gasteiger partial charge in [-0.2, -0.15) is 5.26 Å². The molecule has 0 radical (unpaired) electrons. The fourth-order valence-corrected chi connectivity index (χ4v) is 3.27. The van der Waals surface area contributed by atoms with Crippen LogP contribution in [0.25, 0.3) is 33.8 Å². The molecule has 6 nitrogen and oxygen atoms in total. The zero-order valence-electron chi connectivity index (χ0n) is 15.2. The number of nitriles is 1. The molecule has 29 heavy (non-hydrogen) atoms. The van der Waals surface area contributed by atoms with Gasteiger partial charge in [-0.1, -0.05) is 6.07 Å². The van der Waals surface area contributed by atoms with Crippen LogP contribution < -0.4 is 4.74 Å². The third-order valence-electron chi connectivity index (χ3n) is 4.44. The Morgan fingerprint density at radius 3 is 2.28 bits per heavy atom. The Bertz CT molecular complexity index is 1310. The van der Waals surface area contributed by atoms with Gasteiger partial charge in [0.05, 0.1) is 24.1 Å². The van der Waals surface area contributed by atoms with Gasteiger partial charge in [0.25, 0.3) is 0 Å². The van der Waals surface area contributed by atoms with Crippen molar-refractivity contribution in [2.45, 2.75) is 0 Å². The first-order valence-electron chi connectivity index (χ1n) is 8.37. The maximum absolute atomic E-state index is 14.3. The zero-order valence-corrected chi connectivity index (χ0v) is 16.8. The summed E-state index contributed by atoms with van der Waals surface area (Å²) in [6.07, 6.45) is 0. The van der Waals surface area contributed by atoms with E-state index in [2.05, 4.69) is 30.9 Å². The quantitative estimate of drug-likeness (QED) is 0.450. The van der Waals surface area contributed by atoms with Crippen LogP contribution in [0.2, 0.25) is 0 Å². The fraction of sp³-hybridized carbons (Fsp3) is 0.100. The molecule has 0 fully saturated rings. The van der Waals surface area contributed by atoms with Gasteiger partial charge < -0.3 is 9.30 Å². The third kappa shape index (κ3) is 3.21. The molecule has 0 atom stereocenters.